The third kappa shape index (κ3) is 6.95. The molecular formula is C14H17NO6. The second-order valence-corrected chi connectivity index (χ2v) is 4.21. The van der Waals surface area contributed by atoms with Gasteiger partial charge in [-0.15, -0.1) is 0 Å². The zero-order valence-electron chi connectivity index (χ0n) is 11.6. The van der Waals surface area contributed by atoms with Gasteiger partial charge in [-0.2, -0.15) is 0 Å². The van der Waals surface area contributed by atoms with Gasteiger partial charge in [0, 0.05) is 6.54 Å². The van der Waals surface area contributed by atoms with Crippen LogP contribution in [0.4, 0.5) is 4.79 Å². The Bertz CT molecular complexity index is 487. The molecule has 0 spiro atoms. The van der Waals surface area contributed by atoms with E-state index in [2.05, 4.69) is 10.1 Å². The van der Waals surface area contributed by atoms with Crippen LogP contribution in [0.5, 0.6) is 0 Å². The summed E-state index contributed by atoms with van der Waals surface area (Å²) in [5.41, 5.74) is 0.849. The molecule has 0 heterocycles. The number of rotatable bonds is 7. The molecule has 0 aliphatic rings. The number of amides is 1. The highest BCUT2D eigenvalue weighted by Crippen LogP contribution is 2.00. The standard InChI is InChI=1S/C14H17NO6/c1-10(13(17)18)21-12(16)7-8-15-14(19)20-9-11-5-3-2-4-6-11/h2-6,10H,7-9H2,1H3,(H,15,19)(H,17,18)/t10-/m1/s1. The summed E-state index contributed by atoms with van der Waals surface area (Å²) in [6.45, 7) is 1.40. The maximum Gasteiger partial charge on any atom is 0.407 e. The van der Waals surface area contributed by atoms with Crippen LogP contribution in [0.15, 0.2) is 30.3 Å². The van der Waals surface area contributed by atoms with E-state index in [0.29, 0.717) is 0 Å². The number of hydrogen-bond donors (Lipinski definition) is 2. The number of nitrogens with one attached hydrogen (secondary N) is 1. The second-order valence-electron chi connectivity index (χ2n) is 4.21. The third-order valence-corrected chi connectivity index (χ3v) is 2.47. The molecule has 1 aromatic carbocycles. The predicted octanol–water partition coefficient (Wildman–Crippen LogP) is 1.32. The zero-order chi connectivity index (χ0) is 15.7. The molecule has 114 valence electrons. The van der Waals surface area contributed by atoms with E-state index in [1.54, 1.807) is 0 Å². The summed E-state index contributed by atoms with van der Waals surface area (Å²) in [7, 11) is 0. The molecule has 0 unspecified atom stereocenters. The summed E-state index contributed by atoms with van der Waals surface area (Å²) in [5.74, 6) is -1.92. The Morgan fingerprint density at radius 1 is 1.24 bits per heavy atom. The normalized spacial score (nSPS) is 11.3. The number of carbonyl (C=O) groups excluding carboxylic acids is 2. The molecule has 7 heteroatoms. The number of benzene rings is 1. The van der Waals surface area contributed by atoms with Crippen molar-refractivity contribution in [2.75, 3.05) is 6.54 Å². The van der Waals surface area contributed by atoms with E-state index in [0.717, 1.165) is 5.56 Å². The smallest absolute Gasteiger partial charge is 0.407 e. The Kier molecular flexibility index (Phi) is 6.73. The average molecular weight is 295 g/mol. The summed E-state index contributed by atoms with van der Waals surface area (Å²) < 4.78 is 9.53. The number of carboxylic acid groups (broad SMARTS) is 1. The van der Waals surface area contributed by atoms with Gasteiger partial charge in [0.15, 0.2) is 6.10 Å². The number of hydrogen-bond acceptors (Lipinski definition) is 5. The van der Waals surface area contributed by atoms with Gasteiger partial charge in [0.25, 0.3) is 0 Å². The van der Waals surface area contributed by atoms with Crippen LogP contribution in [0.3, 0.4) is 0 Å². The molecule has 7 nitrogen and oxygen atoms in total. The minimum absolute atomic E-state index is 0.0127. The van der Waals surface area contributed by atoms with Gasteiger partial charge in [-0.3, -0.25) is 4.79 Å². The maximum absolute atomic E-state index is 11.3. The van der Waals surface area contributed by atoms with E-state index in [4.69, 9.17) is 9.84 Å². The van der Waals surface area contributed by atoms with E-state index >= 15 is 0 Å². The van der Waals surface area contributed by atoms with Gasteiger partial charge in [-0.1, -0.05) is 30.3 Å². The lowest BCUT2D eigenvalue weighted by Gasteiger charge is -2.09. The SMILES string of the molecule is C[C@@H](OC(=O)CCNC(=O)OCc1ccccc1)C(=O)O. The van der Waals surface area contributed by atoms with Crippen LogP contribution in [0.1, 0.15) is 18.9 Å². The number of carboxylic acids is 1. The van der Waals surface area contributed by atoms with E-state index < -0.39 is 24.1 Å². The van der Waals surface area contributed by atoms with Crippen LogP contribution >= 0.6 is 0 Å². The molecule has 0 bridgehead atoms. The molecule has 21 heavy (non-hydrogen) atoms. The lowest BCUT2D eigenvalue weighted by atomic mass is 10.2. The number of alkyl carbamates (subject to hydrolysis) is 1. The van der Waals surface area contributed by atoms with Gasteiger partial charge in [-0.25, -0.2) is 9.59 Å². The molecule has 0 fully saturated rings. The number of esters is 1. The Hall–Kier alpha value is -2.57. The molecule has 0 saturated carbocycles. The van der Waals surface area contributed by atoms with Crippen LogP contribution in [0, 0.1) is 0 Å². The largest absolute Gasteiger partial charge is 0.479 e. The van der Waals surface area contributed by atoms with Crippen LogP contribution < -0.4 is 5.32 Å². The number of ether oxygens (including phenoxy) is 2. The highest BCUT2D eigenvalue weighted by molar-refractivity contribution is 5.78. The van der Waals surface area contributed by atoms with Crippen molar-refractivity contribution in [3.8, 4) is 0 Å². The monoisotopic (exact) mass is 295 g/mol. The van der Waals surface area contributed by atoms with Crippen LogP contribution in [0.2, 0.25) is 0 Å². The van der Waals surface area contributed by atoms with Crippen molar-refractivity contribution in [3.63, 3.8) is 0 Å². The fourth-order valence-corrected chi connectivity index (χ4v) is 1.35. The number of carbonyl (C=O) groups is 3. The molecule has 1 rings (SSSR count). The minimum atomic E-state index is -1.22. The summed E-state index contributed by atoms with van der Waals surface area (Å²) in [4.78, 5) is 33.1. The van der Waals surface area contributed by atoms with Gasteiger partial charge < -0.3 is 19.9 Å². The number of aliphatic carboxylic acids is 1. The van der Waals surface area contributed by atoms with Crippen molar-refractivity contribution in [1.29, 1.82) is 0 Å². The molecule has 0 aliphatic heterocycles. The molecule has 0 aromatic heterocycles. The minimum Gasteiger partial charge on any atom is -0.479 e. The lowest BCUT2D eigenvalue weighted by molar-refractivity contribution is -0.162. The molecule has 1 amide bonds. The van der Waals surface area contributed by atoms with Crippen LogP contribution in [0.25, 0.3) is 0 Å². The van der Waals surface area contributed by atoms with Crippen molar-refractivity contribution in [1.82, 2.24) is 5.32 Å². The van der Waals surface area contributed by atoms with Crippen molar-refractivity contribution in [2.24, 2.45) is 0 Å². The van der Waals surface area contributed by atoms with E-state index in [-0.39, 0.29) is 19.6 Å². The van der Waals surface area contributed by atoms with Crippen molar-refractivity contribution in [2.45, 2.75) is 26.1 Å². The Morgan fingerprint density at radius 2 is 1.90 bits per heavy atom. The predicted molar refractivity (Wildman–Crippen MR) is 72.4 cm³/mol. The van der Waals surface area contributed by atoms with E-state index in [1.165, 1.54) is 6.92 Å². The Labute approximate surface area is 121 Å². The molecule has 0 saturated heterocycles. The van der Waals surface area contributed by atoms with Gasteiger partial charge in [0.1, 0.15) is 6.61 Å². The van der Waals surface area contributed by atoms with E-state index in [9.17, 15) is 14.4 Å². The topological polar surface area (TPSA) is 102 Å². The van der Waals surface area contributed by atoms with Gasteiger partial charge >= 0.3 is 18.0 Å². The lowest BCUT2D eigenvalue weighted by Crippen LogP contribution is -2.29. The molecule has 0 aliphatic carbocycles. The summed E-state index contributed by atoms with van der Waals surface area (Å²) in [6, 6.07) is 9.15. The Morgan fingerprint density at radius 3 is 2.52 bits per heavy atom. The molecule has 2 N–H and O–H groups in total. The van der Waals surface area contributed by atoms with Crippen LogP contribution in [-0.2, 0) is 25.7 Å². The quantitative estimate of drug-likeness (QED) is 0.735. The highest BCUT2D eigenvalue weighted by Gasteiger charge is 2.16. The van der Waals surface area contributed by atoms with Gasteiger partial charge in [0.2, 0.25) is 0 Å². The fourth-order valence-electron chi connectivity index (χ4n) is 1.35. The molecule has 0 radical (unpaired) electrons. The van der Waals surface area contributed by atoms with Crippen molar-refractivity contribution < 1.29 is 29.0 Å². The van der Waals surface area contributed by atoms with Crippen LogP contribution in [-0.4, -0.2) is 35.8 Å². The van der Waals surface area contributed by atoms with E-state index in [1.807, 2.05) is 30.3 Å². The molecule has 1 aromatic rings. The first kappa shape index (κ1) is 16.5. The first-order valence-electron chi connectivity index (χ1n) is 6.36. The van der Waals surface area contributed by atoms with Crippen molar-refractivity contribution in [3.05, 3.63) is 35.9 Å². The zero-order valence-corrected chi connectivity index (χ0v) is 11.6. The van der Waals surface area contributed by atoms with Crippen molar-refractivity contribution >= 4 is 18.0 Å². The first-order chi connectivity index (χ1) is 9.99. The first-order valence-corrected chi connectivity index (χ1v) is 6.36. The second kappa shape index (κ2) is 8.57. The summed E-state index contributed by atoms with van der Waals surface area (Å²) in [6.07, 6.45) is -1.99. The highest BCUT2D eigenvalue weighted by atomic mass is 16.6. The maximum atomic E-state index is 11.3. The van der Waals surface area contributed by atoms with Gasteiger partial charge in [0.05, 0.1) is 6.42 Å². The summed E-state index contributed by atoms with van der Waals surface area (Å²) >= 11 is 0. The van der Waals surface area contributed by atoms with Gasteiger partial charge in [-0.05, 0) is 12.5 Å². The summed E-state index contributed by atoms with van der Waals surface area (Å²) in [5, 5.41) is 10.9. The molecular weight excluding hydrogens is 278 g/mol. The average Bonchev–Trinajstić information content (AvgIpc) is 2.46. The molecule has 1 atom stereocenters. The Balaban J connectivity index is 2.16. The third-order valence-electron chi connectivity index (χ3n) is 2.47. The fraction of sp³-hybridized carbons (Fsp3) is 0.357.